The summed E-state index contributed by atoms with van der Waals surface area (Å²) in [7, 11) is 0. The quantitative estimate of drug-likeness (QED) is 0.597. The van der Waals surface area contributed by atoms with Gasteiger partial charge in [-0.3, -0.25) is 0 Å². The average Bonchev–Trinajstić information content (AvgIpc) is 2.11. The first-order chi connectivity index (χ1) is 4.50. The third-order valence-corrected chi connectivity index (χ3v) is 1.77. The van der Waals surface area contributed by atoms with E-state index in [0.717, 1.165) is 0 Å². The fraction of sp³-hybridized carbons (Fsp3) is 0.500. The molecule has 0 saturated heterocycles. The minimum Gasteiger partial charge on any atom is -0.207 e. The van der Waals surface area contributed by atoms with E-state index < -0.39 is 0 Å². The van der Waals surface area contributed by atoms with E-state index in [0.29, 0.717) is 5.41 Å². The van der Waals surface area contributed by atoms with Crippen LogP contribution in [0.1, 0.15) is 31.9 Å². The summed E-state index contributed by atoms with van der Waals surface area (Å²) in [6.45, 7) is 8.85. The molecule has 0 nitrogen and oxygen atoms in total. The monoisotopic (exact) mass is 225 g/mol. The van der Waals surface area contributed by atoms with Crippen LogP contribution in [0.2, 0.25) is 0 Å². The van der Waals surface area contributed by atoms with Crippen LogP contribution < -0.4 is 0 Å². The van der Waals surface area contributed by atoms with Crippen LogP contribution >= 0.6 is 0 Å². The third kappa shape index (κ3) is 2.99. The van der Waals surface area contributed by atoms with Gasteiger partial charge in [0.15, 0.2) is 0 Å². The van der Waals surface area contributed by atoms with E-state index in [-0.39, 0.29) is 26.2 Å². The fourth-order valence-corrected chi connectivity index (χ4v) is 1.03. The molecule has 0 aliphatic heterocycles. The van der Waals surface area contributed by atoms with E-state index in [1.54, 1.807) is 0 Å². The van der Waals surface area contributed by atoms with Crippen molar-refractivity contribution in [1.82, 2.24) is 0 Å². The Morgan fingerprint density at radius 1 is 1.27 bits per heavy atom. The van der Waals surface area contributed by atoms with Crippen LogP contribution in [-0.4, -0.2) is 0 Å². The van der Waals surface area contributed by atoms with Crippen molar-refractivity contribution >= 4 is 0 Å². The van der Waals surface area contributed by atoms with Gasteiger partial charge < -0.3 is 0 Å². The number of aryl methyl sites for hydroxylation is 1. The summed E-state index contributed by atoms with van der Waals surface area (Å²) < 4.78 is 0. The molecule has 1 rings (SSSR count). The first-order valence-electron chi connectivity index (χ1n) is 3.74. The normalized spacial score (nSPS) is 10.9. The van der Waals surface area contributed by atoms with Crippen LogP contribution in [0.15, 0.2) is 18.2 Å². The Morgan fingerprint density at radius 3 is 2.00 bits per heavy atom. The molecule has 0 aromatic heterocycles. The van der Waals surface area contributed by atoms with Crippen molar-refractivity contribution in [3.63, 3.8) is 0 Å². The van der Waals surface area contributed by atoms with Gasteiger partial charge in [0.1, 0.15) is 0 Å². The minimum atomic E-state index is 0. The molecule has 0 amide bonds. The molecule has 0 atom stereocenters. The summed E-state index contributed by atoms with van der Waals surface area (Å²) in [5.74, 6) is 0. The van der Waals surface area contributed by atoms with Crippen molar-refractivity contribution in [1.29, 1.82) is 0 Å². The fourth-order valence-electron chi connectivity index (χ4n) is 1.03. The molecular formula is C10H15Zr-. The molecule has 0 radical (unpaired) electrons. The maximum Gasteiger partial charge on any atom is 0 e. The molecule has 1 heteroatoms. The van der Waals surface area contributed by atoms with Gasteiger partial charge in [-0.25, -0.2) is 6.07 Å². The summed E-state index contributed by atoms with van der Waals surface area (Å²) in [4.78, 5) is 0. The minimum absolute atomic E-state index is 0. The van der Waals surface area contributed by atoms with Crippen LogP contribution in [-0.2, 0) is 31.6 Å². The molecule has 60 valence electrons. The van der Waals surface area contributed by atoms with Crippen molar-refractivity contribution in [2.45, 2.75) is 33.1 Å². The summed E-state index contributed by atoms with van der Waals surface area (Å²) >= 11 is 0. The van der Waals surface area contributed by atoms with E-state index in [9.17, 15) is 0 Å². The Hall–Kier alpha value is 0.233. The zero-order valence-corrected chi connectivity index (χ0v) is 10.2. The zero-order valence-electron chi connectivity index (χ0n) is 7.73. The Labute approximate surface area is 88.5 Å². The molecule has 1 aromatic rings. The topological polar surface area (TPSA) is 0 Å². The van der Waals surface area contributed by atoms with E-state index in [2.05, 4.69) is 45.9 Å². The molecule has 0 heterocycles. The Kier molecular flexibility index (Phi) is 3.84. The maximum absolute atomic E-state index is 2.25. The predicted molar refractivity (Wildman–Crippen MR) is 45.5 cm³/mol. The summed E-state index contributed by atoms with van der Waals surface area (Å²) in [5.41, 5.74) is 3.11. The third-order valence-electron chi connectivity index (χ3n) is 1.77. The van der Waals surface area contributed by atoms with Gasteiger partial charge in [-0.05, 0) is 0 Å². The van der Waals surface area contributed by atoms with E-state index >= 15 is 0 Å². The van der Waals surface area contributed by atoms with Crippen molar-refractivity contribution in [2.24, 2.45) is 0 Å². The number of rotatable bonds is 0. The second-order valence-electron chi connectivity index (χ2n) is 3.93. The van der Waals surface area contributed by atoms with Gasteiger partial charge in [0, 0.05) is 26.2 Å². The Morgan fingerprint density at radius 2 is 1.82 bits per heavy atom. The van der Waals surface area contributed by atoms with Gasteiger partial charge in [-0.15, -0.1) is 0 Å². The van der Waals surface area contributed by atoms with Gasteiger partial charge in [-0.2, -0.15) is 23.3 Å². The summed E-state index contributed by atoms with van der Waals surface area (Å²) in [6, 6.07) is 6.62. The van der Waals surface area contributed by atoms with Crippen molar-refractivity contribution in [2.75, 3.05) is 0 Å². The molecule has 0 bridgehead atoms. The van der Waals surface area contributed by atoms with Crippen LogP contribution in [0.4, 0.5) is 0 Å². The van der Waals surface area contributed by atoms with Gasteiger partial charge in [-0.1, -0.05) is 33.1 Å². The van der Waals surface area contributed by atoms with Crippen molar-refractivity contribution in [3.8, 4) is 0 Å². The molecule has 0 spiro atoms. The maximum atomic E-state index is 2.25. The standard InChI is InChI=1S/C10H15.Zr/c1-8-5-6-9(7-8)10(2,3)4;/h5-7H,1-4H3;/q-1;. The van der Waals surface area contributed by atoms with Crippen LogP contribution in [0, 0.1) is 6.92 Å². The largest absolute Gasteiger partial charge is 0.207 e. The van der Waals surface area contributed by atoms with Crippen molar-refractivity contribution in [3.05, 3.63) is 29.3 Å². The molecule has 0 N–H and O–H groups in total. The number of hydrogen-bond acceptors (Lipinski definition) is 0. The smallest absolute Gasteiger partial charge is 0 e. The SMILES string of the molecule is Cc1cc(C(C)(C)C)c[cH-]1.[Zr]. The Bertz CT molecular complexity index is 215. The van der Waals surface area contributed by atoms with Crippen molar-refractivity contribution < 1.29 is 26.2 Å². The first kappa shape index (κ1) is 11.2. The summed E-state index contributed by atoms with van der Waals surface area (Å²) in [6.07, 6.45) is 0. The molecule has 11 heavy (non-hydrogen) atoms. The first-order valence-corrected chi connectivity index (χ1v) is 3.74. The van der Waals surface area contributed by atoms with Crippen LogP contribution in [0.25, 0.3) is 0 Å². The zero-order chi connectivity index (χ0) is 7.78. The molecule has 0 saturated carbocycles. The predicted octanol–water partition coefficient (Wildman–Crippen LogP) is 3.01. The summed E-state index contributed by atoms with van der Waals surface area (Å²) in [5, 5.41) is 0. The van der Waals surface area contributed by atoms with Gasteiger partial charge in [0.25, 0.3) is 0 Å². The van der Waals surface area contributed by atoms with Crippen LogP contribution in [0.3, 0.4) is 0 Å². The van der Waals surface area contributed by atoms with Gasteiger partial charge in [0.05, 0.1) is 0 Å². The second-order valence-corrected chi connectivity index (χ2v) is 3.93. The van der Waals surface area contributed by atoms with E-state index in [1.807, 2.05) is 0 Å². The molecule has 0 aliphatic carbocycles. The van der Waals surface area contributed by atoms with E-state index in [1.165, 1.54) is 11.1 Å². The molecule has 0 unspecified atom stereocenters. The van der Waals surface area contributed by atoms with E-state index in [4.69, 9.17) is 0 Å². The number of hydrogen-bond donors (Lipinski definition) is 0. The molecule has 0 fully saturated rings. The molecule has 0 aliphatic rings. The second kappa shape index (κ2) is 3.76. The van der Waals surface area contributed by atoms with Gasteiger partial charge in [0.2, 0.25) is 0 Å². The average molecular weight is 226 g/mol. The van der Waals surface area contributed by atoms with Crippen LogP contribution in [0.5, 0.6) is 0 Å². The molecular weight excluding hydrogens is 211 g/mol. The van der Waals surface area contributed by atoms with Gasteiger partial charge >= 0.3 is 0 Å². The Balaban J connectivity index is 0.000001000. The molecule has 1 aromatic carbocycles.